The molecule has 0 spiro atoms. The fourth-order valence-electron chi connectivity index (χ4n) is 4.26. The van der Waals surface area contributed by atoms with Crippen molar-refractivity contribution in [3.63, 3.8) is 0 Å². The van der Waals surface area contributed by atoms with E-state index in [-0.39, 0.29) is 0 Å². The van der Waals surface area contributed by atoms with E-state index in [9.17, 15) is 18.0 Å². The summed E-state index contributed by atoms with van der Waals surface area (Å²) in [6.45, 7) is 2.91. The Bertz CT molecular complexity index is 488. The SMILES string of the molecule is CC(C)C1(C(F)(F)F)SC(C[C@H]2C[C@@H]3CC[C@H]2C3)=NC1=O. The summed E-state index contributed by atoms with van der Waals surface area (Å²) in [4.78, 5) is 15.8. The minimum atomic E-state index is -4.55. The Morgan fingerprint density at radius 3 is 2.48 bits per heavy atom. The molecular weight excluding hydrogens is 299 g/mol. The van der Waals surface area contributed by atoms with Crippen LogP contribution < -0.4 is 0 Å². The maximum absolute atomic E-state index is 13.4. The second-order valence-corrected chi connectivity index (χ2v) is 8.26. The Hall–Kier alpha value is -0.520. The lowest BCUT2D eigenvalue weighted by atomic mass is 9.87. The normalized spacial score (nSPS) is 39.4. The number of alkyl halides is 3. The molecule has 0 aromatic carbocycles. The van der Waals surface area contributed by atoms with Crippen LogP contribution in [0.3, 0.4) is 0 Å². The second kappa shape index (κ2) is 5.00. The molecule has 2 aliphatic carbocycles. The predicted octanol–water partition coefficient (Wildman–Crippen LogP) is 4.44. The molecule has 3 aliphatic rings. The largest absolute Gasteiger partial charge is 0.412 e. The highest BCUT2D eigenvalue weighted by molar-refractivity contribution is 8.16. The minimum Gasteiger partial charge on any atom is -0.271 e. The van der Waals surface area contributed by atoms with Crippen LogP contribution in [-0.2, 0) is 4.79 Å². The molecule has 3 rings (SSSR count). The van der Waals surface area contributed by atoms with E-state index in [4.69, 9.17) is 0 Å². The Morgan fingerprint density at radius 2 is 2.05 bits per heavy atom. The Balaban J connectivity index is 1.75. The molecule has 2 bridgehead atoms. The zero-order chi connectivity index (χ0) is 15.4. The van der Waals surface area contributed by atoms with Crippen molar-refractivity contribution in [3.05, 3.63) is 0 Å². The summed E-state index contributed by atoms with van der Waals surface area (Å²) in [5.74, 6) is -0.00283. The molecule has 21 heavy (non-hydrogen) atoms. The molecule has 0 radical (unpaired) electrons. The zero-order valence-corrected chi connectivity index (χ0v) is 13.1. The summed E-state index contributed by atoms with van der Waals surface area (Å²) in [5.41, 5.74) is 0. The molecule has 2 fully saturated rings. The number of halogens is 3. The number of aliphatic imine (C=N–C) groups is 1. The van der Waals surface area contributed by atoms with Gasteiger partial charge in [-0.3, -0.25) is 4.79 Å². The highest BCUT2D eigenvalue weighted by Crippen LogP contribution is 2.55. The van der Waals surface area contributed by atoms with Gasteiger partial charge >= 0.3 is 6.18 Å². The molecule has 0 aromatic heterocycles. The van der Waals surface area contributed by atoms with Crippen LogP contribution in [0.2, 0.25) is 0 Å². The number of fused-ring (bicyclic) bond motifs is 2. The number of rotatable bonds is 3. The van der Waals surface area contributed by atoms with Gasteiger partial charge in [-0.2, -0.15) is 13.2 Å². The monoisotopic (exact) mass is 319 g/mol. The van der Waals surface area contributed by atoms with E-state index < -0.39 is 22.7 Å². The first-order chi connectivity index (χ1) is 9.74. The molecule has 1 amide bonds. The van der Waals surface area contributed by atoms with Gasteiger partial charge in [-0.05, 0) is 49.4 Å². The fraction of sp³-hybridized carbons (Fsp3) is 0.867. The highest BCUT2D eigenvalue weighted by Gasteiger charge is 2.66. The maximum Gasteiger partial charge on any atom is 0.412 e. The molecule has 118 valence electrons. The van der Waals surface area contributed by atoms with Crippen LogP contribution in [0, 0.1) is 23.7 Å². The van der Waals surface area contributed by atoms with Crippen molar-refractivity contribution in [2.75, 3.05) is 0 Å². The van der Waals surface area contributed by atoms with Gasteiger partial charge in [0.2, 0.25) is 0 Å². The third-order valence-corrected chi connectivity index (χ3v) is 7.07. The lowest BCUT2D eigenvalue weighted by Crippen LogP contribution is -2.50. The van der Waals surface area contributed by atoms with E-state index in [1.807, 2.05) is 0 Å². The first-order valence-corrected chi connectivity index (χ1v) is 8.43. The topological polar surface area (TPSA) is 29.4 Å². The summed E-state index contributed by atoms with van der Waals surface area (Å²) in [6, 6.07) is 0. The van der Waals surface area contributed by atoms with Crippen LogP contribution in [0.1, 0.15) is 46.0 Å². The van der Waals surface area contributed by atoms with Gasteiger partial charge in [0.25, 0.3) is 5.91 Å². The number of hydrogen-bond donors (Lipinski definition) is 0. The Kier molecular flexibility index (Phi) is 3.66. The molecule has 2 saturated carbocycles. The first kappa shape index (κ1) is 15.4. The molecular formula is C15H20F3NOS. The van der Waals surface area contributed by atoms with Gasteiger partial charge in [-0.1, -0.05) is 32.0 Å². The molecule has 1 unspecified atom stereocenters. The zero-order valence-electron chi connectivity index (χ0n) is 12.2. The number of nitrogens with zero attached hydrogens (tertiary/aromatic N) is 1. The van der Waals surface area contributed by atoms with Gasteiger partial charge in [0, 0.05) is 0 Å². The number of hydrogen-bond acceptors (Lipinski definition) is 2. The summed E-state index contributed by atoms with van der Waals surface area (Å²) >= 11 is 0.671. The average molecular weight is 319 g/mol. The van der Waals surface area contributed by atoms with Crippen molar-refractivity contribution in [3.8, 4) is 0 Å². The smallest absolute Gasteiger partial charge is 0.271 e. The molecule has 1 heterocycles. The van der Waals surface area contributed by atoms with Crippen LogP contribution in [-0.4, -0.2) is 21.9 Å². The molecule has 0 aromatic rings. The molecule has 6 heteroatoms. The lowest BCUT2D eigenvalue weighted by Gasteiger charge is -2.32. The minimum absolute atomic E-state index is 0.406. The van der Waals surface area contributed by atoms with E-state index >= 15 is 0 Å². The van der Waals surface area contributed by atoms with Gasteiger partial charge in [0.1, 0.15) is 0 Å². The van der Waals surface area contributed by atoms with Crippen molar-refractivity contribution >= 4 is 22.7 Å². The summed E-state index contributed by atoms with van der Waals surface area (Å²) in [5, 5.41) is 0.406. The summed E-state index contributed by atoms with van der Waals surface area (Å²) in [6.07, 6.45) is 0.767. The van der Waals surface area contributed by atoms with Crippen molar-refractivity contribution in [1.82, 2.24) is 0 Å². The van der Waals surface area contributed by atoms with Crippen LogP contribution in [0.5, 0.6) is 0 Å². The van der Waals surface area contributed by atoms with Gasteiger partial charge in [0.05, 0.1) is 5.04 Å². The van der Waals surface area contributed by atoms with Gasteiger partial charge in [-0.15, -0.1) is 0 Å². The van der Waals surface area contributed by atoms with Crippen molar-refractivity contribution in [1.29, 1.82) is 0 Å². The highest BCUT2D eigenvalue weighted by atomic mass is 32.2. The average Bonchev–Trinajstić information content (AvgIpc) is 3.02. The lowest BCUT2D eigenvalue weighted by molar-refractivity contribution is -0.175. The number of amides is 1. The Labute approximate surface area is 127 Å². The molecule has 1 aliphatic heterocycles. The second-order valence-electron chi connectivity index (χ2n) is 6.94. The van der Waals surface area contributed by atoms with Crippen molar-refractivity contribution in [2.24, 2.45) is 28.7 Å². The predicted molar refractivity (Wildman–Crippen MR) is 77.2 cm³/mol. The number of carbonyl (C=O) groups is 1. The third-order valence-electron chi connectivity index (χ3n) is 5.38. The number of carbonyl (C=O) groups excluding carboxylic acids is 1. The van der Waals surface area contributed by atoms with E-state index in [1.165, 1.54) is 33.1 Å². The van der Waals surface area contributed by atoms with Crippen LogP contribution >= 0.6 is 11.8 Å². The van der Waals surface area contributed by atoms with E-state index in [0.29, 0.717) is 35.1 Å². The number of thioether (sulfide) groups is 1. The quantitative estimate of drug-likeness (QED) is 0.769. The molecule has 2 nitrogen and oxygen atoms in total. The van der Waals surface area contributed by atoms with Crippen molar-refractivity contribution < 1.29 is 18.0 Å². The first-order valence-electron chi connectivity index (χ1n) is 7.61. The van der Waals surface area contributed by atoms with Gasteiger partial charge in [0.15, 0.2) is 4.75 Å². The standard InChI is InChI=1S/C15H20F3NOS/c1-8(2)14(15(16,17)18)13(20)19-12(21-14)7-11-6-9-3-4-10(11)5-9/h8-11H,3-7H2,1-2H3/t9-,10+,11-,14?/m1/s1. The van der Waals surface area contributed by atoms with E-state index in [2.05, 4.69) is 4.99 Å². The van der Waals surface area contributed by atoms with Gasteiger partial charge in [-0.25, -0.2) is 4.99 Å². The maximum atomic E-state index is 13.4. The Morgan fingerprint density at radius 1 is 1.33 bits per heavy atom. The van der Waals surface area contributed by atoms with E-state index in [1.54, 1.807) is 0 Å². The van der Waals surface area contributed by atoms with E-state index in [0.717, 1.165) is 12.3 Å². The summed E-state index contributed by atoms with van der Waals surface area (Å²) < 4.78 is 38.0. The molecule has 0 saturated heterocycles. The van der Waals surface area contributed by atoms with Crippen LogP contribution in [0.15, 0.2) is 4.99 Å². The van der Waals surface area contributed by atoms with Gasteiger partial charge < -0.3 is 0 Å². The molecule has 0 N–H and O–H groups in total. The summed E-state index contributed by atoms with van der Waals surface area (Å²) in [7, 11) is 0. The third kappa shape index (κ3) is 2.34. The fourth-order valence-corrected chi connectivity index (χ4v) is 5.54. The van der Waals surface area contributed by atoms with Crippen LogP contribution in [0.4, 0.5) is 13.2 Å². The van der Waals surface area contributed by atoms with Crippen LogP contribution in [0.25, 0.3) is 0 Å². The van der Waals surface area contributed by atoms with Crippen molar-refractivity contribution in [2.45, 2.75) is 56.9 Å². The molecule has 4 atom stereocenters.